The van der Waals surface area contributed by atoms with Crippen molar-refractivity contribution >= 4 is 44.0 Å². The van der Waals surface area contributed by atoms with Crippen molar-refractivity contribution in [2.45, 2.75) is 11.9 Å². The molecule has 1 amide bonds. The van der Waals surface area contributed by atoms with Gasteiger partial charge in [0.15, 0.2) is 14.9 Å². The normalized spacial score (nSPS) is 11.2. The van der Waals surface area contributed by atoms with Crippen LogP contribution in [0, 0.1) is 3.57 Å². The number of amides is 1. The van der Waals surface area contributed by atoms with Crippen LogP contribution in [0.5, 0.6) is 0 Å². The van der Waals surface area contributed by atoms with Gasteiger partial charge in [-0.15, -0.1) is 10.2 Å². The predicted molar refractivity (Wildman–Crippen MR) is 112 cm³/mol. The molecule has 0 atom stereocenters. The van der Waals surface area contributed by atoms with Crippen LogP contribution < -0.4 is 5.32 Å². The molecule has 0 unspecified atom stereocenters. The van der Waals surface area contributed by atoms with Crippen molar-refractivity contribution in [3.63, 3.8) is 0 Å². The minimum Gasteiger partial charge on any atom is -0.322 e. The smallest absolute Gasteiger partial charge is 0.256 e. The number of halogens is 1. The summed E-state index contributed by atoms with van der Waals surface area (Å²) in [6, 6.07) is 17.5. The molecule has 27 heavy (non-hydrogen) atoms. The third-order valence-corrected chi connectivity index (χ3v) is 6.45. The second kappa shape index (κ2) is 8.13. The number of hydrogen-bond acceptors (Lipinski definition) is 5. The van der Waals surface area contributed by atoms with Crippen molar-refractivity contribution in [1.29, 1.82) is 0 Å². The lowest BCUT2D eigenvalue weighted by molar-refractivity contribution is 0.102. The lowest BCUT2D eigenvalue weighted by Crippen LogP contribution is -2.13. The van der Waals surface area contributed by atoms with Crippen molar-refractivity contribution < 1.29 is 13.2 Å². The van der Waals surface area contributed by atoms with Crippen LogP contribution >= 0.6 is 22.6 Å². The molecule has 0 aliphatic rings. The van der Waals surface area contributed by atoms with E-state index in [0.717, 1.165) is 9.13 Å². The largest absolute Gasteiger partial charge is 0.322 e. The number of carbonyl (C=O) groups excluding carboxylic acids is 1. The summed E-state index contributed by atoms with van der Waals surface area (Å²) in [6.07, 6.45) is 0. The first kappa shape index (κ1) is 19.4. The Hall–Kier alpha value is -2.33. The monoisotopic (exact) mass is 493 g/mol. The van der Waals surface area contributed by atoms with Crippen LogP contribution in [0.15, 0.2) is 65.7 Å². The van der Waals surface area contributed by atoms with Gasteiger partial charge in [-0.2, -0.15) is 0 Å². The first-order valence-corrected chi connectivity index (χ1v) is 10.9. The minimum absolute atomic E-state index is 0.0181. The molecule has 1 aromatic heterocycles. The van der Waals surface area contributed by atoms with Gasteiger partial charge in [-0.3, -0.25) is 4.79 Å². The van der Waals surface area contributed by atoms with E-state index in [4.69, 9.17) is 0 Å². The number of sulfone groups is 1. The van der Waals surface area contributed by atoms with Gasteiger partial charge in [0.05, 0.1) is 17.0 Å². The number of rotatable bonds is 5. The highest BCUT2D eigenvalue weighted by Gasteiger charge is 2.14. The van der Waals surface area contributed by atoms with E-state index >= 15 is 0 Å². The molecule has 1 heterocycles. The Bertz CT molecular complexity index is 1070. The van der Waals surface area contributed by atoms with Crippen LogP contribution in [0.3, 0.4) is 0 Å². The molecule has 3 aromatic rings. The average Bonchev–Trinajstić information content (AvgIpc) is 2.69. The Morgan fingerprint density at radius 1 is 1.00 bits per heavy atom. The molecule has 0 radical (unpaired) electrons. The molecule has 0 spiro atoms. The zero-order chi connectivity index (χ0) is 19.4. The van der Waals surface area contributed by atoms with Crippen LogP contribution in [0.1, 0.15) is 17.3 Å². The molecule has 0 bridgehead atoms. The molecule has 8 heteroatoms. The van der Waals surface area contributed by atoms with Crippen LogP contribution in [-0.4, -0.2) is 30.3 Å². The van der Waals surface area contributed by atoms with Crippen molar-refractivity contribution in [3.05, 3.63) is 69.8 Å². The summed E-state index contributed by atoms with van der Waals surface area (Å²) in [5.41, 5.74) is 2.60. The molecule has 0 aliphatic carbocycles. The van der Waals surface area contributed by atoms with E-state index in [1.807, 2.05) is 18.2 Å². The molecule has 1 N–H and O–H groups in total. The lowest BCUT2D eigenvalue weighted by atomic mass is 10.1. The standard InChI is InChI=1S/C19H16IN3O3S/c1-2-27(25,26)18-12-11-17(22-23-18)13-7-9-14(10-8-13)21-19(24)15-5-3-4-6-16(15)20/h3-12H,2H2,1H3,(H,21,24). The predicted octanol–water partition coefficient (Wildman–Crippen LogP) is 3.79. The first-order valence-electron chi connectivity index (χ1n) is 8.13. The number of hydrogen-bond donors (Lipinski definition) is 1. The Kier molecular flexibility index (Phi) is 5.85. The summed E-state index contributed by atoms with van der Waals surface area (Å²) >= 11 is 2.12. The van der Waals surface area contributed by atoms with E-state index < -0.39 is 9.84 Å². The molecular weight excluding hydrogens is 477 g/mol. The van der Waals surface area contributed by atoms with Gasteiger partial charge >= 0.3 is 0 Å². The maximum absolute atomic E-state index is 12.4. The number of anilines is 1. The highest BCUT2D eigenvalue weighted by molar-refractivity contribution is 14.1. The summed E-state index contributed by atoms with van der Waals surface area (Å²) in [6.45, 7) is 1.56. The Morgan fingerprint density at radius 3 is 2.30 bits per heavy atom. The number of nitrogens with one attached hydrogen (secondary N) is 1. The molecule has 2 aromatic carbocycles. The second-order valence-electron chi connectivity index (χ2n) is 5.67. The van der Waals surface area contributed by atoms with Crippen molar-refractivity contribution in [2.24, 2.45) is 0 Å². The number of nitrogens with zero attached hydrogens (tertiary/aromatic N) is 2. The van der Waals surface area contributed by atoms with Gasteiger partial charge in [0.25, 0.3) is 5.91 Å². The fourth-order valence-electron chi connectivity index (χ4n) is 2.36. The molecule has 6 nitrogen and oxygen atoms in total. The Morgan fingerprint density at radius 2 is 1.70 bits per heavy atom. The number of aromatic nitrogens is 2. The summed E-state index contributed by atoms with van der Waals surface area (Å²) in [4.78, 5) is 12.4. The average molecular weight is 493 g/mol. The van der Waals surface area contributed by atoms with E-state index in [2.05, 4.69) is 38.1 Å². The summed E-state index contributed by atoms with van der Waals surface area (Å²) in [5, 5.41) is 10.6. The highest BCUT2D eigenvalue weighted by Crippen LogP contribution is 2.21. The Balaban J connectivity index is 1.76. The van der Waals surface area contributed by atoms with Gasteiger partial charge in [0.1, 0.15) is 0 Å². The molecular formula is C19H16IN3O3S. The van der Waals surface area contributed by atoms with Crippen LogP contribution in [0.4, 0.5) is 5.69 Å². The molecule has 3 rings (SSSR count). The molecule has 0 aliphatic heterocycles. The third-order valence-electron chi connectivity index (χ3n) is 3.90. The number of carbonyl (C=O) groups is 1. The van der Waals surface area contributed by atoms with Gasteiger partial charge in [-0.05, 0) is 59.0 Å². The summed E-state index contributed by atoms with van der Waals surface area (Å²) in [7, 11) is -3.37. The fourth-order valence-corrected chi connectivity index (χ4v) is 3.72. The summed E-state index contributed by atoms with van der Waals surface area (Å²) in [5.74, 6) is -0.197. The van der Waals surface area contributed by atoms with E-state index in [1.54, 1.807) is 43.3 Å². The maximum atomic E-state index is 12.4. The highest BCUT2D eigenvalue weighted by atomic mass is 127. The van der Waals surface area contributed by atoms with Crippen LogP contribution in [0.25, 0.3) is 11.3 Å². The van der Waals surface area contributed by atoms with Crippen molar-refractivity contribution in [3.8, 4) is 11.3 Å². The van der Waals surface area contributed by atoms with E-state index in [9.17, 15) is 13.2 Å². The van der Waals surface area contributed by atoms with Gasteiger partial charge in [-0.25, -0.2) is 8.42 Å². The SMILES string of the molecule is CCS(=O)(=O)c1ccc(-c2ccc(NC(=O)c3ccccc3I)cc2)nn1. The quantitative estimate of drug-likeness (QED) is 0.547. The Labute approximate surface area is 171 Å². The second-order valence-corrected chi connectivity index (χ2v) is 9.06. The minimum atomic E-state index is -3.37. The van der Waals surface area contributed by atoms with E-state index in [-0.39, 0.29) is 16.7 Å². The lowest BCUT2D eigenvalue weighted by Gasteiger charge is -2.08. The van der Waals surface area contributed by atoms with Gasteiger partial charge < -0.3 is 5.32 Å². The van der Waals surface area contributed by atoms with E-state index in [0.29, 0.717) is 16.9 Å². The summed E-state index contributed by atoms with van der Waals surface area (Å²) < 4.78 is 24.5. The zero-order valence-electron chi connectivity index (χ0n) is 14.4. The van der Waals surface area contributed by atoms with Gasteiger partial charge in [-0.1, -0.05) is 31.2 Å². The molecule has 0 saturated carbocycles. The van der Waals surface area contributed by atoms with E-state index in [1.165, 1.54) is 6.07 Å². The fraction of sp³-hybridized carbons (Fsp3) is 0.105. The third kappa shape index (κ3) is 4.51. The van der Waals surface area contributed by atoms with Crippen molar-refractivity contribution in [2.75, 3.05) is 11.1 Å². The van der Waals surface area contributed by atoms with Crippen LogP contribution in [0.2, 0.25) is 0 Å². The van der Waals surface area contributed by atoms with Gasteiger partial charge in [0.2, 0.25) is 0 Å². The zero-order valence-corrected chi connectivity index (χ0v) is 17.4. The molecule has 138 valence electrons. The molecule has 0 saturated heterocycles. The number of benzene rings is 2. The molecule has 0 fully saturated rings. The van der Waals surface area contributed by atoms with Crippen LogP contribution in [-0.2, 0) is 9.84 Å². The van der Waals surface area contributed by atoms with Gasteiger partial charge in [0, 0.05) is 14.8 Å². The maximum Gasteiger partial charge on any atom is 0.256 e. The van der Waals surface area contributed by atoms with Crippen molar-refractivity contribution in [1.82, 2.24) is 10.2 Å². The first-order chi connectivity index (χ1) is 12.9. The topological polar surface area (TPSA) is 89.0 Å².